The standard InChI is InChI=1S/C16H17N7O2S/c1-2-26(24,25)22-9-16(10-22,4-5-17)23-8-12(7-21-23)14-13-3-6-18-15(13)20-11-19-14/h3,6-8,11H,2,4,9-10H2,1H3,(H,18,19,20)/i1D3,9D2,10D2. The summed E-state index contributed by atoms with van der Waals surface area (Å²) >= 11 is 0. The van der Waals surface area contributed by atoms with Gasteiger partial charge in [-0.1, -0.05) is 0 Å². The third kappa shape index (κ3) is 2.48. The zero-order valence-electron chi connectivity index (χ0n) is 20.2. The van der Waals surface area contributed by atoms with E-state index in [9.17, 15) is 13.7 Å². The third-order valence-electron chi connectivity index (χ3n) is 3.97. The minimum absolute atomic E-state index is 0.118. The molecule has 0 amide bonds. The van der Waals surface area contributed by atoms with Crippen molar-refractivity contribution in [1.82, 2.24) is 29.0 Å². The molecule has 0 aromatic carbocycles. The maximum Gasteiger partial charge on any atom is 0.213 e. The van der Waals surface area contributed by atoms with Crippen LogP contribution in [-0.2, 0) is 15.6 Å². The largest absolute Gasteiger partial charge is 0.346 e. The molecule has 0 saturated carbocycles. The van der Waals surface area contributed by atoms with Crippen molar-refractivity contribution in [2.75, 3.05) is 18.7 Å². The van der Waals surface area contributed by atoms with Crippen molar-refractivity contribution in [1.29, 1.82) is 5.26 Å². The van der Waals surface area contributed by atoms with E-state index < -0.39 is 47.6 Å². The number of nitriles is 1. The quantitative estimate of drug-likeness (QED) is 0.709. The number of fused-ring (bicyclic) bond motifs is 1. The van der Waals surface area contributed by atoms with E-state index in [4.69, 9.17) is 9.60 Å². The molecule has 1 aliphatic rings. The predicted octanol–water partition coefficient (Wildman–Crippen LogP) is 1.10. The lowest BCUT2D eigenvalue weighted by atomic mass is 9.89. The molecule has 0 unspecified atom stereocenters. The number of aromatic amines is 1. The van der Waals surface area contributed by atoms with Crippen LogP contribution in [0.1, 0.15) is 22.9 Å². The Morgan fingerprint density at radius 1 is 1.50 bits per heavy atom. The first-order valence-electron chi connectivity index (χ1n) is 10.9. The summed E-state index contributed by atoms with van der Waals surface area (Å²) in [5.74, 6) is -1.46. The Morgan fingerprint density at radius 3 is 3.12 bits per heavy atom. The highest BCUT2D eigenvalue weighted by Crippen LogP contribution is 2.35. The normalized spacial score (nSPS) is 25.4. The van der Waals surface area contributed by atoms with E-state index in [-0.39, 0.29) is 4.31 Å². The monoisotopic (exact) mass is 378 g/mol. The Balaban J connectivity index is 1.84. The lowest BCUT2D eigenvalue weighted by molar-refractivity contribution is 0.0719. The van der Waals surface area contributed by atoms with E-state index in [0.717, 1.165) is 4.68 Å². The van der Waals surface area contributed by atoms with Crippen LogP contribution in [0.3, 0.4) is 0 Å². The van der Waals surface area contributed by atoms with Gasteiger partial charge in [0, 0.05) is 45.9 Å². The van der Waals surface area contributed by atoms with Crippen LogP contribution in [0.2, 0.25) is 0 Å². The van der Waals surface area contributed by atoms with E-state index >= 15 is 0 Å². The molecule has 0 radical (unpaired) electrons. The molecule has 0 bridgehead atoms. The van der Waals surface area contributed by atoms with Crippen LogP contribution in [0.5, 0.6) is 0 Å². The zero-order valence-corrected chi connectivity index (χ0v) is 14.0. The Labute approximate surface area is 160 Å². The first-order chi connectivity index (χ1) is 15.2. The van der Waals surface area contributed by atoms with Gasteiger partial charge in [-0.15, -0.1) is 0 Å². The molecular weight excluding hydrogens is 354 g/mol. The molecular formula is C16H17N7O2S. The molecule has 1 N–H and O–H groups in total. The average Bonchev–Trinajstić information content (AvgIpc) is 3.31. The molecule has 1 aliphatic heterocycles. The first-order valence-corrected chi connectivity index (χ1v) is 9.04. The number of sulfonamides is 1. The lowest BCUT2D eigenvalue weighted by Crippen LogP contribution is -2.64. The highest BCUT2D eigenvalue weighted by atomic mass is 32.2. The Bertz CT molecular complexity index is 1360. The van der Waals surface area contributed by atoms with Crippen LogP contribution in [0.15, 0.2) is 31.0 Å². The van der Waals surface area contributed by atoms with Crippen molar-refractivity contribution in [3.8, 4) is 17.3 Å². The second kappa shape index (κ2) is 5.89. The fraction of sp³-hybridized carbons (Fsp3) is 0.375. The van der Waals surface area contributed by atoms with Gasteiger partial charge >= 0.3 is 0 Å². The topological polar surface area (TPSA) is 121 Å². The van der Waals surface area contributed by atoms with Crippen LogP contribution in [0, 0.1) is 11.3 Å². The van der Waals surface area contributed by atoms with Crippen LogP contribution in [-0.4, -0.2) is 56.2 Å². The fourth-order valence-electron chi connectivity index (χ4n) is 2.67. The van der Waals surface area contributed by atoms with E-state index in [1.165, 1.54) is 18.7 Å². The molecule has 0 spiro atoms. The molecule has 4 rings (SSSR count). The van der Waals surface area contributed by atoms with Gasteiger partial charge in [0.25, 0.3) is 0 Å². The number of rotatable bonds is 5. The van der Waals surface area contributed by atoms with Gasteiger partial charge in [0.2, 0.25) is 10.0 Å². The van der Waals surface area contributed by atoms with E-state index in [0.29, 0.717) is 22.3 Å². The van der Waals surface area contributed by atoms with Crippen molar-refractivity contribution in [2.45, 2.75) is 18.8 Å². The summed E-state index contributed by atoms with van der Waals surface area (Å²) in [6, 6.07) is 3.42. The van der Waals surface area contributed by atoms with Crippen LogP contribution in [0.25, 0.3) is 22.3 Å². The van der Waals surface area contributed by atoms with Crippen molar-refractivity contribution in [3.05, 3.63) is 31.0 Å². The first kappa shape index (κ1) is 10.4. The number of nitrogens with one attached hydrogen (secondary N) is 1. The van der Waals surface area contributed by atoms with Gasteiger partial charge in [-0.25, -0.2) is 18.4 Å². The molecule has 9 nitrogen and oxygen atoms in total. The molecule has 4 heterocycles. The van der Waals surface area contributed by atoms with E-state index in [1.807, 2.05) is 0 Å². The fourth-order valence-corrected chi connectivity index (χ4v) is 3.38. The van der Waals surface area contributed by atoms with E-state index in [2.05, 4.69) is 20.1 Å². The maximum absolute atomic E-state index is 12.7. The molecule has 0 atom stereocenters. The lowest BCUT2D eigenvalue weighted by Gasteiger charge is -2.47. The summed E-state index contributed by atoms with van der Waals surface area (Å²) in [5, 5.41) is 14.1. The second-order valence-corrected chi connectivity index (χ2v) is 7.39. The Morgan fingerprint density at radius 2 is 2.35 bits per heavy atom. The molecule has 10 heteroatoms. The number of nitrogens with zero attached hydrogens (tertiary/aromatic N) is 6. The van der Waals surface area contributed by atoms with Crippen LogP contribution < -0.4 is 0 Å². The van der Waals surface area contributed by atoms with Gasteiger partial charge in [-0.2, -0.15) is 14.7 Å². The Kier molecular flexibility index (Phi) is 2.36. The highest BCUT2D eigenvalue weighted by Gasteiger charge is 2.49. The zero-order chi connectivity index (χ0) is 24.4. The van der Waals surface area contributed by atoms with Gasteiger partial charge < -0.3 is 4.98 Å². The summed E-state index contributed by atoms with van der Waals surface area (Å²) in [5.41, 5.74) is -1.10. The third-order valence-corrected chi connectivity index (χ3v) is 5.07. The van der Waals surface area contributed by atoms with Crippen LogP contribution >= 0.6 is 0 Å². The maximum atomic E-state index is 12.7. The minimum Gasteiger partial charge on any atom is -0.346 e. The molecule has 0 aliphatic carbocycles. The molecule has 1 saturated heterocycles. The van der Waals surface area contributed by atoms with Crippen molar-refractivity contribution in [3.63, 3.8) is 0 Å². The Hall–Kier alpha value is -2.77. The smallest absolute Gasteiger partial charge is 0.213 e. The van der Waals surface area contributed by atoms with Gasteiger partial charge in [-0.05, 0) is 12.9 Å². The van der Waals surface area contributed by atoms with Crippen molar-refractivity contribution >= 4 is 21.1 Å². The predicted molar refractivity (Wildman–Crippen MR) is 94.3 cm³/mol. The number of H-pyrrole nitrogens is 1. The molecule has 26 heavy (non-hydrogen) atoms. The summed E-state index contributed by atoms with van der Waals surface area (Å²) in [4.78, 5) is 11.2. The highest BCUT2D eigenvalue weighted by molar-refractivity contribution is 7.89. The molecule has 3 aromatic rings. The van der Waals surface area contributed by atoms with Crippen molar-refractivity contribution in [2.24, 2.45) is 0 Å². The number of hydrogen-bond acceptors (Lipinski definition) is 6. The summed E-state index contributed by atoms with van der Waals surface area (Å²) in [7, 11) is -4.91. The average molecular weight is 378 g/mol. The van der Waals surface area contributed by atoms with Gasteiger partial charge in [0.15, 0.2) is 0 Å². The SMILES string of the molecule is [2H]C([2H])([2H])CS(=O)(=O)N1C([2H])([2H])C(CC#N)(n2cc(-c3ncnc4[nH]ccc34)cn2)C1([2H])[2H]. The van der Waals surface area contributed by atoms with Gasteiger partial charge in [0.05, 0.1) is 30.1 Å². The second-order valence-electron chi connectivity index (χ2n) is 5.58. The summed E-state index contributed by atoms with van der Waals surface area (Å²) < 4.78 is 81.6. The van der Waals surface area contributed by atoms with E-state index in [1.54, 1.807) is 18.3 Å². The summed E-state index contributed by atoms with van der Waals surface area (Å²) in [6.45, 7) is -8.99. The van der Waals surface area contributed by atoms with Crippen LogP contribution in [0.4, 0.5) is 0 Å². The van der Waals surface area contributed by atoms with Crippen molar-refractivity contribution < 1.29 is 18.0 Å². The number of hydrogen-bond donors (Lipinski definition) is 1. The summed E-state index contributed by atoms with van der Waals surface area (Å²) in [6.07, 6.45) is 4.72. The molecule has 134 valence electrons. The van der Waals surface area contributed by atoms with Gasteiger partial charge in [-0.3, -0.25) is 4.68 Å². The van der Waals surface area contributed by atoms with Gasteiger partial charge in [0.1, 0.15) is 17.5 Å². The minimum atomic E-state index is -4.91. The number of aromatic nitrogens is 5. The molecule has 1 fully saturated rings. The molecule has 3 aromatic heterocycles.